The number of rotatable bonds is 0. The number of hydrogen-bond acceptors (Lipinski definition) is 2. The highest BCUT2D eigenvalue weighted by Crippen LogP contribution is 2.26. The molecule has 0 rings (SSSR count). The van der Waals surface area contributed by atoms with Gasteiger partial charge in [0.25, 0.3) is 0 Å². The Morgan fingerprint density at radius 1 is 0.857 bits per heavy atom. The molecule has 90 valence electrons. The van der Waals surface area contributed by atoms with Crippen LogP contribution in [0.3, 0.4) is 0 Å². The Morgan fingerprint density at radius 3 is 0.857 bits per heavy atom. The van der Waals surface area contributed by atoms with Crippen molar-refractivity contribution in [3.05, 3.63) is 0 Å². The molecule has 12 heteroatoms. The summed E-state index contributed by atoms with van der Waals surface area (Å²) in [5.74, 6) is 0. The average molecular weight is 295 g/mol. The van der Waals surface area contributed by atoms with Crippen molar-refractivity contribution in [3.8, 4) is 0 Å². The number of halogens is 2. The van der Waals surface area contributed by atoms with E-state index in [2.05, 4.69) is 0 Å². The van der Waals surface area contributed by atoms with Crippen molar-refractivity contribution >= 4 is 38.8 Å². The fraction of sp³-hybridized carbons (Fsp3) is 1.00. The van der Waals surface area contributed by atoms with E-state index >= 15 is 0 Å². The van der Waals surface area contributed by atoms with Gasteiger partial charge in [0.15, 0.2) is 0 Å². The smallest absolute Gasteiger partial charge is 0.303 e. The van der Waals surface area contributed by atoms with Gasteiger partial charge >= 0.3 is 15.6 Å². The van der Waals surface area contributed by atoms with E-state index in [1.54, 1.807) is 6.92 Å². The molecule has 0 heterocycles. The van der Waals surface area contributed by atoms with Crippen LogP contribution in [0.15, 0.2) is 0 Å². The van der Waals surface area contributed by atoms with Gasteiger partial charge in [0.1, 0.15) is 4.84 Å². The number of phosphoric acid groups is 2. The molecule has 0 amide bonds. The van der Waals surface area contributed by atoms with E-state index in [0.29, 0.717) is 0 Å². The molecule has 0 bridgehead atoms. The van der Waals surface area contributed by atoms with Gasteiger partial charge in [0.2, 0.25) is 0 Å². The predicted octanol–water partition coefficient (Wildman–Crippen LogP) is -0.0472. The fourth-order valence-electron chi connectivity index (χ4n) is 0. The van der Waals surface area contributed by atoms with Gasteiger partial charge in [-0.15, -0.1) is 23.2 Å². The summed E-state index contributed by atoms with van der Waals surface area (Å²) in [6.07, 6.45) is 0. The minimum Gasteiger partial charge on any atom is -0.303 e. The van der Waals surface area contributed by atoms with Gasteiger partial charge in [0.05, 0.1) is 0 Å². The van der Waals surface area contributed by atoms with Crippen molar-refractivity contribution in [1.29, 1.82) is 0 Å². The first-order chi connectivity index (χ1) is 5.73. The molecule has 0 aromatic carbocycles. The Hall–Kier alpha value is 0.800. The van der Waals surface area contributed by atoms with E-state index in [0.717, 1.165) is 0 Å². The highest BCUT2D eigenvalue weighted by Gasteiger charge is 2.00. The van der Waals surface area contributed by atoms with Crippen LogP contribution in [0.1, 0.15) is 6.92 Å². The molecule has 0 spiro atoms. The van der Waals surface area contributed by atoms with Gasteiger partial charge in [-0.2, -0.15) is 0 Å². The standard InChI is InChI=1S/C2H4Cl2.2H3O4P/c1-2(3)4;2*1-5(2,3)4/h2H,1H3;2*(H3,1,2,3,4). The van der Waals surface area contributed by atoms with E-state index in [1.807, 2.05) is 0 Å². The summed E-state index contributed by atoms with van der Waals surface area (Å²) < 4.78 is 17.8. The van der Waals surface area contributed by atoms with Crippen LogP contribution < -0.4 is 0 Å². The topological polar surface area (TPSA) is 156 Å². The third kappa shape index (κ3) is 2780. The van der Waals surface area contributed by atoms with Crippen molar-refractivity contribution in [2.24, 2.45) is 0 Å². The van der Waals surface area contributed by atoms with E-state index < -0.39 is 15.6 Å². The van der Waals surface area contributed by atoms with E-state index in [4.69, 9.17) is 61.7 Å². The molecule has 0 aliphatic heterocycles. The average Bonchev–Trinajstić information content (AvgIpc) is 1.45. The maximum absolute atomic E-state index is 8.88. The second-order valence-electron chi connectivity index (χ2n) is 1.55. The summed E-state index contributed by atoms with van der Waals surface area (Å²) in [6, 6.07) is 0. The molecule has 0 aromatic rings. The quantitative estimate of drug-likeness (QED) is 0.268. The highest BCUT2D eigenvalue weighted by molar-refractivity contribution is 7.45. The molecule has 0 aliphatic carbocycles. The molecule has 0 atom stereocenters. The number of hydrogen-bond donors (Lipinski definition) is 6. The zero-order chi connectivity index (χ0) is 12.6. The lowest BCUT2D eigenvalue weighted by Crippen LogP contribution is -1.66. The van der Waals surface area contributed by atoms with Crippen molar-refractivity contribution in [3.63, 3.8) is 0 Å². The molecule has 0 fully saturated rings. The van der Waals surface area contributed by atoms with Crippen molar-refractivity contribution in [2.75, 3.05) is 0 Å². The SMILES string of the molecule is CC(Cl)Cl.O=P(O)(O)O.O=P(O)(O)O. The molecular weight excluding hydrogens is 285 g/mol. The Kier molecular flexibility index (Phi) is 13.1. The van der Waals surface area contributed by atoms with E-state index in [9.17, 15) is 0 Å². The van der Waals surface area contributed by atoms with Crippen LogP contribution in [-0.4, -0.2) is 34.2 Å². The third-order valence-corrected chi connectivity index (χ3v) is 0. The van der Waals surface area contributed by atoms with Gasteiger partial charge in [-0.05, 0) is 6.92 Å². The van der Waals surface area contributed by atoms with Gasteiger partial charge < -0.3 is 29.4 Å². The minimum absolute atomic E-state index is 0.222. The summed E-state index contributed by atoms with van der Waals surface area (Å²) in [5, 5.41) is 0. The summed E-state index contributed by atoms with van der Waals surface area (Å²) in [6.45, 7) is 1.70. The summed E-state index contributed by atoms with van der Waals surface area (Å²) >= 11 is 10.1. The van der Waals surface area contributed by atoms with E-state index in [-0.39, 0.29) is 4.84 Å². The Balaban J connectivity index is -0.000000131. The van der Waals surface area contributed by atoms with Crippen molar-refractivity contribution in [1.82, 2.24) is 0 Å². The van der Waals surface area contributed by atoms with Gasteiger partial charge in [-0.1, -0.05) is 0 Å². The fourth-order valence-corrected chi connectivity index (χ4v) is 0. The molecule has 6 N–H and O–H groups in total. The third-order valence-electron chi connectivity index (χ3n) is 0. The van der Waals surface area contributed by atoms with Crippen LogP contribution in [0.5, 0.6) is 0 Å². The van der Waals surface area contributed by atoms with Crippen LogP contribution in [0.25, 0.3) is 0 Å². The van der Waals surface area contributed by atoms with Crippen molar-refractivity contribution in [2.45, 2.75) is 11.8 Å². The first kappa shape index (κ1) is 20.2. The molecule has 0 aliphatic rings. The van der Waals surface area contributed by atoms with Crippen LogP contribution in [0.4, 0.5) is 0 Å². The minimum atomic E-state index is -4.64. The maximum atomic E-state index is 8.88. The Labute approximate surface area is 89.6 Å². The van der Waals surface area contributed by atoms with Gasteiger partial charge in [0, 0.05) is 0 Å². The lowest BCUT2D eigenvalue weighted by Gasteiger charge is -1.82. The molecule has 0 aromatic heterocycles. The van der Waals surface area contributed by atoms with Crippen LogP contribution in [0, 0.1) is 0 Å². The zero-order valence-corrected chi connectivity index (χ0v) is 10.0. The second kappa shape index (κ2) is 9.06. The Morgan fingerprint density at radius 2 is 0.857 bits per heavy atom. The first-order valence-electron chi connectivity index (χ1n) is 2.58. The first-order valence-corrected chi connectivity index (χ1v) is 6.58. The summed E-state index contributed by atoms with van der Waals surface area (Å²) in [4.78, 5) is 42.9. The normalized spacial score (nSPS) is 11.0. The lowest BCUT2D eigenvalue weighted by atomic mass is 11.0. The predicted molar refractivity (Wildman–Crippen MR) is 49.7 cm³/mol. The van der Waals surface area contributed by atoms with Gasteiger partial charge in [-0.3, -0.25) is 0 Å². The molecule has 14 heavy (non-hydrogen) atoms. The molecule has 0 saturated carbocycles. The summed E-state index contributed by atoms with van der Waals surface area (Å²) in [7, 11) is -9.28. The monoisotopic (exact) mass is 294 g/mol. The van der Waals surface area contributed by atoms with Crippen LogP contribution in [0.2, 0.25) is 0 Å². The molecule has 8 nitrogen and oxygen atoms in total. The summed E-state index contributed by atoms with van der Waals surface area (Å²) in [5.41, 5.74) is 0. The molecule has 0 radical (unpaired) electrons. The molecular formula is C2H10Cl2O8P2. The maximum Gasteiger partial charge on any atom is 0.466 e. The van der Waals surface area contributed by atoms with Crippen molar-refractivity contribution < 1.29 is 38.5 Å². The Bertz CT molecular complexity index is 166. The van der Waals surface area contributed by atoms with Crippen LogP contribution in [-0.2, 0) is 9.13 Å². The second-order valence-corrected chi connectivity index (χ2v) is 5.13. The molecule has 0 saturated heterocycles. The lowest BCUT2D eigenvalue weighted by molar-refractivity contribution is 0.272. The largest absolute Gasteiger partial charge is 0.466 e. The van der Waals surface area contributed by atoms with Crippen LogP contribution >= 0.6 is 38.8 Å². The molecule has 0 unspecified atom stereocenters. The zero-order valence-electron chi connectivity index (χ0n) is 6.73. The van der Waals surface area contributed by atoms with E-state index in [1.165, 1.54) is 0 Å². The van der Waals surface area contributed by atoms with Gasteiger partial charge in [-0.25, -0.2) is 9.13 Å². The highest BCUT2D eigenvalue weighted by atomic mass is 35.5. The number of alkyl halides is 2.